The molecule has 1 atom stereocenters. The highest BCUT2D eigenvalue weighted by molar-refractivity contribution is 5.83. The maximum absolute atomic E-state index is 5.96. The first-order chi connectivity index (χ1) is 11.2. The third-order valence-corrected chi connectivity index (χ3v) is 3.81. The molecule has 0 aliphatic carbocycles. The molecule has 0 bridgehead atoms. The normalized spacial score (nSPS) is 16.9. The molecule has 0 aromatic heterocycles. The Kier molecular flexibility index (Phi) is 4.38. The van der Waals surface area contributed by atoms with Crippen molar-refractivity contribution in [1.82, 2.24) is 0 Å². The molecule has 0 fully saturated rings. The Hall–Kier alpha value is -2.68. The Labute approximate surface area is 136 Å². The van der Waals surface area contributed by atoms with Crippen LogP contribution in [-0.4, -0.2) is 20.3 Å². The van der Waals surface area contributed by atoms with E-state index in [0.717, 1.165) is 34.0 Å². The summed E-state index contributed by atoms with van der Waals surface area (Å²) in [4.78, 5) is 0. The summed E-state index contributed by atoms with van der Waals surface area (Å²) in [6, 6.07) is 16.0. The van der Waals surface area contributed by atoms with Gasteiger partial charge >= 0.3 is 0 Å². The van der Waals surface area contributed by atoms with Crippen LogP contribution < -0.4 is 9.47 Å². The molecule has 1 unspecified atom stereocenters. The lowest BCUT2D eigenvalue weighted by Gasteiger charge is -2.21. The Morgan fingerprint density at radius 3 is 1.83 bits per heavy atom. The molecule has 0 radical (unpaired) electrons. The van der Waals surface area contributed by atoms with Crippen LogP contribution in [0.3, 0.4) is 0 Å². The lowest BCUT2D eigenvalue weighted by molar-refractivity contribution is 0.228. The second kappa shape index (κ2) is 6.61. The molecule has 0 saturated heterocycles. The Morgan fingerprint density at radius 2 is 1.30 bits per heavy atom. The summed E-state index contributed by atoms with van der Waals surface area (Å²) in [6.45, 7) is 2.04. The molecule has 2 aromatic rings. The zero-order valence-corrected chi connectivity index (χ0v) is 13.6. The molecule has 1 aliphatic rings. The third-order valence-electron chi connectivity index (χ3n) is 3.81. The van der Waals surface area contributed by atoms with Crippen molar-refractivity contribution >= 4 is 11.3 Å². The fourth-order valence-electron chi connectivity index (χ4n) is 2.58. The van der Waals surface area contributed by atoms with Crippen LogP contribution >= 0.6 is 0 Å². The van der Waals surface area contributed by atoms with Gasteiger partial charge in [0.1, 0.15) is 23.4 Å². The molecule has 3 heteroatoms. The molecule has 0 saturated carbocycles. The summed E-state index contributed by atoms with van der Waals surface area (Å²) >= 11 is 0. The van der Waals surface area contributed by atoms with Crippen molar-refractivity contribution in [3.63, 3.8) is 0 Å². The van der Waals surface area contributed by atoms with Gasteiger partial charge in [-0.2, -0.15) is 0 Å². The minimum atomic E-state index is 0.0224. The number of hydrogen-bond donors (Lipinski definition) is 0. The molecule has 0 amide bonds. The molecule has 23 heavy (non-hydrogen) atoms. The first-order valence-electron chi connectivity index (χ1n) is 7.58. The molecule has 0 N–H and O–H groups in total. The van der Waals surface area contributed by atoms with E-state index in [9.17, 15) is 0 Å². The Morgan fingerprint density at radius 1 is 0.783 bits per heavy atom. The minimum Gasteiger partial charge on any atom is -0.497 e. The van der Waals surface area contributed by atoms with Gasteiger partial charge in [0.2, 0.25) is 0 Å². The van der Waals surface area contributed by atoms with E-state index >= 15 is 0 Å². The van der Waals surface area contributed by atoms with Gasteiger partial charge in [-0.1, -0.05) is 12.1 Å². The van der Waals surface area contributed by atoms with Crippen LogP contribution in [0.4, 0.5) is 0 Å². The van der Waals surface area contributed by atoms with Crippen LogP contribution in [0.25, 0.3) is 11.3 Å². The molecule has 118 valence electrons. The molecular formula is C20H20O3. The number of allylic oxidation sites excluding steroid dienone is 2. The lowest BCUT2D eigenvalue weighted by atomic mass is 9.99. The van der Waals surface area contributed by atoms with E-state index < -0.39 is 0 Å². The monoisotopic (exact) mass is 308 g/mol. The quantitative estimate of drug-likeness (QED) is 0.829. The smallest absolute Gasteiger partial charge is 0.128 e. The average molecular weight is 308 g/mol. The van der Waals surface area contributed by atoms with Gasteiger partial charge < -0.3 is 14.2 Å². The molecule has 0 spiro atoms. The fraction of sp³-hybridized carbons (Fsp3) is 0.200. The maximum atomic E-state index is 5.96. The number of rotatable bonds is 4. The number of hydrogen-bond acceptors (Lipinski definition) is 3. The van der Waals surface area contributed by atoms with Crippen molar-refractivity contribution in [2.45, 2.75) is 13.0 Å². The van der Waals surface area contributed by atoms with Crippen molar-refractivity contribution in [1.29, 1.82) is 0 Å². The van der Waals surface area contributed by atoms with Crippen LogP contribution in [0.2, 0.25) is 0 Å². The third kappa shape index (κ3) is 3.39. The summed E-state index contributed by atoms with van der Waals surface area (Å²) in [7, 11) is 3.34. The standard InChI is InChI=1S/C20H20O3/c1-14-12-17(15-4-8-18(21-2)9-5-15)13-20(23-14)16-6-10-19(22-3)11-7-16/h4-14H,1-3H3. The topological polar surface area (TPSA) is 27.7 Å². The van der Waals surface area contributed by atoms with Crippen LogP contribution in [0.15, 0.2) is 60.7 Å². The number of methoxy groups -OCH3 is 2. The highest BCUT2D eigenvalue weighted by Crippen LogP contribution is 2.31. The van der Waals surface area contributed by atoms with Gasteiger partial charge in [-0.15, -0.1) is 0 Å². The van der Waals surface area contributed by atoms with E-state index in [1.54, 1.807) is 14.2 Å². The summed E-state index contributed by atoms with van der Waals surface area (Å²) in [5.41, 5.74) is 3.33. The SMILES string of the molecule is COc1ccc(C2=CC(C)OC(c3ccc(OC)cc3)=C2)cc1. The Bertz CT molecular complexity index is 724. The van der Waals surface area contributed by atoms with Gasteiger partial charge in [-0.25, -0.2) is 0 Å². The van der Waals surface area contributed by atoms with Crippen LogP contribution in [0.1, 0.15) is 18.1 Å². The van der Waals surface area contributed by atoms with Crippen molar-refractivity contribution < 1.29 is 14.2 Å². The predicted octanol–water partition coefficient (Wildman–Crippen LogP) is 4.55. The number of ether oxygens (including phenoxy) is 3. The van der Waals surface area contributed by atoms with E-state index in [-0.39, 0.29) is 6.10 Å². The summed E-state index contributed by atoms with van der Waals surface area (Å²) < 4.78 is 16.4. The Balaban J connectivity index is 1.91. The zero-order chi connectivity index (χ0) is 16.2. The van der Waals surface area contributed by atoms with Crippen molar-refractivity contribution in [2.24, 2.45) is 0 Å². The second-order valence-electron chi connectivity index (χ2n) is 5.41. The van der Waals surface area contributed by atoms with Gasteiger partial charge in [0, 0.05) is 5.56 Å². The molecule has 3 rings (SSSR count). The maximum Gasteiger partial charge on any atom is 0.128 e. The molecule has 1 aliphatic heterocycles. The summed E-state index contributed by atoms with van der Waals surface area (Å²) in [5.74, 6) is 2.56. The van der Waals surface area contributed by atoms with Gasteiger partial charge in [-0.05, 0) is 66.6 Å². The van der Waals surface area contributed by atoms with Crippen LogP contribution in [0.5, 0.6) is 11.5 Å². The van der Waals surface area contributed by atoms with E-state index in [1.165, 1.54) is 0 Å². The van der Waals surface area contributed by atoms with E-state index in [2.05, 4.69) is 24.3 Å². The molecule has 1 heterocycles. The number of benzene rings is 2. The summed E-state index contributed by atoms with van der Waals surface area (Å²) in [5, 5.41) is 0. The van der Waals surface area contributed by atoms with Gasteiger partial charge in [-0.3, -0.25) is 0 Å². The lowest BCUT2D eigenvalue weighted by Crippen LogP contribution is -2.09. The van der Waals surface area contributed by atoms with E-state index in [0.29, 0.717) is 0 Å². The van der Waals surface area contributed by atoms with Crippen molar-refractivity contribution in [2.75, 3.05) is 14.2 Å². The van der Waals surface area contributed by atoms with Crippen molar-refractivity contribution in [3.05, 3.63) is 71.8 Å². The largest absolute Gasteiger partial charge is 0.497 e. The minimum absolute atomic E-state index is 0.0224. The second-order valence-corrected chi connectivity index (χ2v) is 5.41. The first-order valence-corrected chi connectivity index (χ1v) is 7.58. The first kappa shape index (κ1) is 15.2. The van der Waals surface area contributed by atoms with Gasteiger partial charge in [0.25, 0.3) is 0 Å². The van der Waals surface area contributed by atoms with Crippen LogP contribution in [0, 0.1) is 0 Å². The van der Waals surface area contributed by atoms with E-state index in [4.69, 9.17) is 14.2 Å². The fourth-order valence-corrected chi connectivity index (χ4v) is 2.58. The van der Waals surface area contributed by atoms with Gasteiger partial charge in [0.15, 0.2) is 0 Å². The van der Waals surface area contributed by atoms with Crippen LogP contribution in [-0.2, 0) is 4.74 Å². The molecule has 3 nitrogen and oxygen atoms in total. The summed E-state index contributed by atoms with van der Waals surface area (Å²) in [6.07, 6.45) is 4.22. The predicted molar refractivity (Wildman–Crippen MR) is 92.5 cm³/mol. The average Bonchev–Trinajstić information content (AvgIpc) is 2.61. The zero-order valence-electron chi connectivity index (χ0n) is 13.6. The van der Waals surface area contributed by atoms with E-state index in [1.807, 2.05) is 43.3 Å². The molecular weight excluding hydrogens is 288 g/mol. The highest BCUT2D eigenvalue weighted by Gasteiger charge is 2.15. The van der Waals surface area contributed by atoms with Gasteiger partial charge in [0.05, 0.1) is 14.2 Å². The highest BCUT2D eigenvalue weighted by atomic mass is 16.5. The van der Waals surface area contributed by atoms with Crippen molar-refractivity contribution in [3.8, 4) is 11.5 Å². The molecule has 2 aromatic carbocycles.